The smallest absolute Gasteiger partial charge is 0.253 e. The second kappa shape index (κ2) is 8.30. The quantitative estimate of drug-likeness (QED) is 0.691. The van der Waals surface area contributed by atoms with Crippen LogP contribution in [0.5, 0.6) is 0 Å². The van der Waals surface area contributed by atoms with Gasteiger partial charge in [-0.15, -0.1) is 0 Å². The summed E-state index contributed by atoms with van der Waals surface area (Å²) in [6, 6.07) is 11.8. The zero-order valence-electron chi connectivity index (χ0n) is 16.0. The van der Waals surface area contributed by atoms with E-state index < -0.39 is 10.0 Å². The van der Waals surface area contributed by atoms with E-state index in [0.717, 1.165) is 18.7 Å². The summed E-state index contributed by atoms with van der Waals surface area (Å²) in [6.45, 7) is 3.60. The number of carbonyl (C=O) groups is 1. The number of aromatic nitrogens is 1. The third-order valence-corrected chi connectivity index (χ3v) is 7.52. The van der Waals surface area contributed by atoms with Crippen LogP contribution < -0.4 is 4.90 Å². The van der Waals surface area contributed by atoms with Crippen molar-refractivity contribution in [3.05, 3.63) is 53.2 Å². The fourth-order valence-electron chi connectivity index (χ4n) is 3.74. The van der Waals surface area contributed by atoms with E-state index in [4.69, 9.17) is 11.6 Å². The summed E-state index contributed by atoms with van der Waals surface area (Å²) in [6.07, 6.45) is 1.79. The number of hydrogen-bond acceptors (Lipinski definition) is 5. The number of benzene rings is 1. The number of rotatable bonds is 4. The van der Waals surface area contributed by atoms with Gasteiger partial charge in [-0.25, -0.2) is 13.4 Å². The van der Waals surface area contributed by atoms with E-state index in [0.29, 0.717) is 50.0 Å². The molecule has 0 unspecified atom stereocenters. The Morgan fingerprint density at radius 2 is 1.55 bits per heavy atom. The first-order valence-electron chi connectivity index (χ1n) is 9.72. The minimum Gasteiger partial charge on any atom is -0.353 e. The molecule has 2 fully saturated rings. The van der Waals surface area contributed by atoms with E-state index in [1.54, 1.807) is 23.1 Å². The van der Waals surface area contributed by atoms with Crippen LogP contribution in [0.2, 0.25) is 5.15 Å². The molecule has 2 aromatic rings. The van der Waals surface area contributed by atoms with Crippen molar-refractivity contribution in [1.82, 2.24) is 14.2 Å². The van der Waals surface area contributed by atoms with Crippen LogP contribution in [0.4, 0.5) is 5.82 Å². The lowest BCUT2D eigenvalue weighted by Crippen LogP contribution is -2.49. The van der Waals surface area contributed by atoms with Crippen LogP contribution in [0.3, 0.4) is 0 Å². The second-order valence-electron chi connectivity index (χ2n) is 7.23. The first-order chi connectivity index (χ1) is 13.9. The summed E-state index contributed by atoms with van der Waals surface area (Å²) in [7, 11) is -3.46. The first-order valence-corrected chi connectivity index (χ1v) is 11.5. The van der Waals surface area contributed by atoms with Gasteiger partial charge in [-0.3, -0.25) is 4.79 Å². The summed E-state index contributed by atoms with van der Waals surface area (Å²) < 4.78 is 26.8. The molecule has 3 heterocycles. The Hall–Kier alpha value is -2.16. The summed E-state index contributed by atoms with van der Waals surface area (Å²) >= 11 is 5.96. The van der Waals surface area contributed by atoms with Crippen molar-refractivity contribution in [3.8, 4) is 0 Å². The van der Waals surface area contributed by atoms with Crippen LogP contribution in [0.15, 0.2) is 47.4 Å². The number of nitrogens with zero attached hydrogens (tertiary/aromatic N) is 4. The number of amides is 1. The molecule has 0 radical (unpaired) electrons. The minimum atomic E-state index is -3.46. The van der Waals surface area contributed by atoms with Gasteiger partial charge >= 0.3 is 0 Å². The predicted molar refractivity (Wildman–Crippen MR) is 112 cm³/mol. The highest BCUT2D eigenvalue weighted by Gasteiger charge is 2.28. The molecule has 0 bridgehead atoms. The normalized spacial score (nSPS) is 18.2. The Bertz CT molecular complexity index is 983. The molecule has 7 nitrogen and oxygen atoms in total. The lowest BCUT2D eigenvalue weighted by Gasteiger charge is -2.35. The molecule has 0 N–H and O–H groups in total. The van der Waals surface area contributed by atoms with Crippen molar-refractivity contribution in [2.75, 3.05) is 44.2 Å². The van der Waals surface area contributed by atoms with E-state index >= 15 is 0 Å². The third kappa shape index (κ3) is 4.24. The molecule has 0 spiro atoms. The molecule has 0 saturated carbocycles. The van der Waals surface area contributed by atoms with Gasteiger partial charge in [0.1, 0.15) is 11.0 Å². The number of carbonyl (C=O) groups excluding carboxylic acids is 1. The van der Waals surface area contributed by atoms with E-state index in [-0.39, 0.29) is 10.8 Å². The van der Waals surface area contributed by atoms with Gasteiger partial charge in [-0.1, -0.05) is 17.7 Å². The molecule has 154 valence electrons. The molecule has 29 heavy (non-hydrogen) atoms. The van der Waals surface area contributed by atoms with Crippen molar-refractivity contribution >= 4 is 33.3 Å². The predicted octanol–water partition coefficient (Wildman–Crippen LogP) is 2.48. The highest BCUT2D eigenvalue weighted by molar-refractivity contribution is 7.89. The van der Waals surface area contributed by atoms with Crippen LogP contribution in [0.25, 0.3) is 0 Å². The van der Waals surface area contributed by atoms with Crippen LogP contribution in [0.1, 0.15) is 23.2 Å². The number of anilines is 1. The SMILES string of the molecule is O=C(c1ccc(S(=O)(=O)N2CCCC2)cc1)N1CCN(c2cccc(Cl)n2)CC1. The van der Waals surface area contributed by atoms with E-state index in [2.05, 4.69) is 9.88 Å². The van der Waals surface area contributed by atoms with E-state index in [1.165, 1.54) is 16.4 Å². The van der Waals surface area contributed by atoms with Crippen molar-refractivity contribution < 1.29 is 13.2 Å². The van der Waals surface area contributed by atoms with Crippen molar-refractivity contribution in [2.45, 2.75) is 17.7 Å². The number of sulfonamides is 1. The Balaban J connectivity index is 1.40. The molecule has 9 heteroatoms. The monoisotopic (exact) mass is 434 g/mol. The largest absolute Gasteiger partial charge is 0.353 e. The van der Waals surface area contributed by atoms with E-state index in [9.17, 15) is 13.2 Å². The van der Waals surface area contributed by atoms with Gasteiger partial charge in [0.05, 0.1) is 4.90 Å². The standard InChI is InChI=1S/C20H23ClN4O3S/c21-18-4-3-5-19(22-18)23-12-14-24(15-13-23)20(26)16-6-8-17(9-7-16)29(27,28)25-10-1-2-11-25/h3-9H,1-2,10-15H2. The minimum absolute atomic E-state index is 0.0891. The average Bonchev–Trinajstić information content (AvgIpc) is 3.29. The number of pyridine rings is 1. The zero-order valence-corrected chi connectivity index (χ0v) is 17.6. The van der Waals surface area contributed by atoms with Gasteiger partial charge < -0.3 is 9.80 Å². The molecule has 1 aromatic carbocycles. The van der Waals surface area contributed by atoms with Gasteiger partial charge in [0.2, 0.25) is 10.0 Å². The summed E-state index contributed by atoms with van der Waals surface area (Å²) in [5.41, 5.74) is 0.500. The molecule has 4 rings (SSSR count). The molecule has 1 amide bonds. The third-order valence-electron chi connectivity index (χ3n) is 5.40. The lowest BCUT2D eigenvalue weighted by molar-refractivity contribution is 0.0746. The van der Waals surface area contributed by atoms with Crippen LogP contribution in [-0.4, -0.2) is 67.8 Å². The highest BCUT2D eigenvalue weighted by atomic mass is 35.5. The van der Waals surface area contributed by atoms with Crippen molar-refractivity contribution in [3.63, 3.8) is 0 Å². The van der Waals surface area contributed by atoms with Gasteiger partial charge in [-0.2, -0.15) is 4.31 Å². The van der Waals surface area contributed by atoms with Crippen LogP contribution >= 0.6 is 11.6 Å². The Kier molecular flexibility index (Phi) is 5.76. The summed E-state index contributed by atoms with van der Waals surface area (Å²) in [5, 5.41) is 0.449. The van der Waals surface area contributed by atoms with Gasteiger partial charge in [0, 0.05) is 44.8 Å². The maximum atomic E-state index is 12.8. The number of hydrogen-bond donors (Lipinski definition) is 0. The molecule has 1 aromatic heterocycles. The Morgan fingerprint density at radius 1 is 0.897 bits per heavy atom. The summed E-state index contributed by atoms with van der Waals surface area (Å²) in [4.78, 5) is 21.3. The molecular formula is C20H23ClN4O3S. The fraction of sp³-hybridized carbons (Fsp3) is 0.400. The maximum absolute atomic E-state index is 12.8. The Morgan fingerprint density at radius 3 is 2.17 bits per heavy atom. The summed E-state index contributed by atoms with van der Waals surface area (Å²) in [5.74, 6) is 0.717. The van der Waals surface area contributed by atoms with Crippen molar-refractivity contribution in [2.24, 2.45) is 0 Å². The lowest BCUT2D eigenvalue weighted by atomic mass is 10.2. The van der Waals surface area contributed by atoms with Gasteiger partial charge in [0.25, 0.3) is 5.91 Å². The zero-order chi connectivity index (χ0) is 20.4. The van der Waals surface area contributed by atoms with Crippen LogP contribution in [0, 0.1) is 0 Å². The fourth-order valence-corrected chi connectivity index (χ4v) is 5.42. The average molecular weight is 435 g/mol. The Labute approximate surface area is 175 Å². The highest BCUT2D eigenvalue weighted by Crippen LogP contribution is 2.22. The topological polar surface area (TPSA) is 73.8 Å². The molecular weight excluding hydrogens is 412 g/mol. The second-order valence-corrected chi connectivity index (χ2v) is 9.56. The number of piperazine rings is 1. The van der Waals surface area contributed by atoms with Crippen molar-refractivity contribution in [1.29, 1.82) is 0 Å². The van der Waals surface area contributed by atoms with Gasteiger partial charge in [0.15, 0.2) is 0 Å². The molecule has 2 aliphatic rings. The number of halogens is 1. The molecule has 2 saturated heterocycles. The van der Waals surface area contributed by atoms with Gasteiger partial charge in [-0.05, 0) is 49.2 Å². The maximum Gasteiger partial charge on any atom is 0.253 e. The molecule has 2 aliphatic heterocycles. The first kappa shape index (κ1) is 20.1. The van der Waals surface area contributed by atoms with E-state index in [1.807, 2.05) is 12.1 Å². The van der Waals surface area contributed by atoms with Crippen LogP contribution in [-0.2, 0) is 10.0 Å². The molecule has 0 aliphatic carbocycles. The molecule has 0 atom stereocenters.